The molecule has 0 amide bonds. The molecule has 3 nitrogen and oxygen atoms in total. The summed E-state index contributed by atoms with van der Waals surface area (Å²) in [5.41, 5.74) is -0.312. The maximum atomic E-state index is 10.9. The highest BCUT2D eigenvalue weighted by Gasteiger charge is 2.36. The van der Waals surface area contributed by atoms with E-state index >= 15 is 0 Å². The highest BCUT2D eigenvalue weighted by atomic mass is 16.4. The SMILES string of the molecule is CC(C)C1=CC(C(=O)O)C(C)(O)C=C1. The fourth-order valence-corrected chi connectivity index (χ4v) is 1.49. The van der Waals surface area contributed by atoms with Crippen LogP contribution in [0.3, 0.4) is 0 Å². The first kappa shape index (κ1) is 11.0. The summed E-state index contributed by atoms with van der Waals surface area (Å²) in [6, 6.07) is 0. The van der Waals surface area contributed by atoms with Gasteiger partial charge in [0, 0.05) is 0 Å². The molecule has 2 unspecified atom stereocenters. The molecule has 2 N–H and O–H groups in total. The molecule has 14 heavy (non-hydrogen) atoms. The number of aliphatic hydroxyl groups is 1. The smallest absolute Gasteiger partial charge is 0.313 e. The lowest BCUT2D eigenvalue weighted by atomic mass is 9.81. The van der Waals surface area contributed by atoms with Crippen LogP contribution in [0.2, 0.25) is 0 Å². The second-order valence-corrected chi connectivity index (χ2v) is 4.20. The average molecular weight is 196 g/mol. The van der Waals surface area contributed by atoms with Crippen LogP contribution in [-0.2, 0) is 4.79 Å². The van der Waals surface area contributed by atoms with Crippen LogP contribution in [0.5, 0.6) is 0 Å². The van der Waals surface area contributed by atoms with Gasteiger partial charge in [0.05, 0.1) is 5.60 Å². The van der Waals surface area contributed by atoms with Gasteiger partial charge in [-0.15, -0.1) is 0 Å². The largest absolute Gasteiger partial charge is 0.481 e. The first-order valence-corrected chi connectivity index (χ1v) is 4.70. The maximum Gasteiger partial charge on any atom is 0.313 e. The van der Waals surface area contributed by atoms with Gasteiger partial charge in [0.1, 0.15) is 5.92 Å². The van der Waals surface area contributed by atoms with Gasteiger partial charge in [-0.1, -0.05) is 32.1 Å². The molecule has 0 fully saturated rings. The Labute approximate surface area is 83.8 Å². The van der Waals surface area contributed by atoms with Crippen molar-refractivity contribution in [2.75, 3.05) is 0 Å². The lowest BCUT2D eigenvalue weighted by Crippen LogP contribution is -2.38. The van der Waals surface area contributed by atoms with E-state index in [1.165, 1.54) is 6.92 Å². The molecule has 3 heteroatoms. The summed E-state index contributed by atoms with van der Waals surface area (Å²) in [5.74, 6) is -1.55. The van der Waals surface area contributed by atoms with Crippen LogP contribution in [0, 0.1) is 11.8 Å². The molecule has 0 aliphatic heterocycles. The van der Waals surface area contributed by atoms with E-state index in [0.29, 0.717) is 0 Å². The molecule has 0 bridgehead atoms. The lowest BCUT2D eigenvalue weighted by Gasteiger charge is -2.29. The summed E-state index contributed by atoms with van der Waals surface area (Å²) in [6.07, 6.45) is 4.98. The van der Waals surface area contributed by atoms with Crippen molar-refractivity contribution in [3.05, 3.63) is 23.8 Å². The van der Waals surface area contributed by atoms with Gasteiger partial charge in [-0.3, -0.25) is 4.79 Å². The molecule has 2 atom stereocenters. The Balaban J connectivity index is 3.01. The molecule has 1 aliphatic carbocycles. The van der Waals surface area contributed by atoms with E-state index < -0.39 is 17.5 Å². The number of carboxylic acid groups (broad SMARTS) is 1. The van der Waals surface area contributed by atoms with Crippen molar-refractivity contribution in [1.29, 1.82) is 0 Å². The predicted molar refractivity (Wildman–Crippen MR) is 53.8 cm³/mol. The Morgan fingerprint density at radius 2 is 2.14 bits per heavy atom. The van der Waals surface area contributed by atoms with E-state index in [9.17, 15) is 9.90 Å². The fraction of sp³-hybridized carbons (Fsp3) is 0.545. The van der Waals surface area contributed by atoms with Gasteiger partial charge >= 0.3 is 5.97 Å². The van der Waals surface area contributed by atoms with E-state index in [2.05, 4.69) is 0 Å². The summed E-state index contributed by atoms with van der Waals surface area (Å²) in [5, 5.41) is 18.7. The number of aliphatic carboxylic acids is 1. The highest BCUT2D eigenvalue weighted by Crippen LogP contribution is 2.29. The fourth-order valence-electron chi connectivity index (χ4n) is 1.49. The number of allylic oxidation sites excluding steroid dienone is 2. The van der Waals surface area contributed by atoms with Crippen molar-refractivity contribution in [3.8, 4) is 0 Å². The monoisotopic (exact) mass is 196 g/mol. The molecule has 0 saturated heterocycles. The minimum atomic E-state index is -1.27. The zero-order valence-corrected chi connectivity index (χ0v) is 8.69. The Kier molecular flexibility index (Phi) is 2.81. The van der Waals surface area contributed by atoms with E-state index in [4.69, 9.17) is 5.11 Å². The first-order chi connectivity index (χ1) is 6.34. The van der Waals surface area contributed by atoms with Crippen LogP contribution >= 0.6 is 0 Å². The predicted octanol–water partition coefficient (Wildman–Crippen LogP) is 1.59. The van der Waals surface area contributed by atoms with E-state index in [1.807, 2.05) is 13.8 Å². The van der Waals surface area contributed by atoms with Gasteiger partial charge < -0.3 is 10.2 Å². The molecule has 0 spiro atoms. The minimum Gasteiger partial charge on any atom is -0.481 e. The van der Waals surface area contributed by atoms with Crippen molar-refractivity contribution in [2.45, 2.75) is 26.4 Å². The summed E-state index contributed by atoms with van der Waals surface area (Å²) in [6.45, 7) is 5.50. The van der Waals surface area contributed by atoms with Crippen molar-refractivity contribution < 1.29 is 15.0 Å². The van der Waals surface area contributed by atoms with Crippen molar-refractivity contribution in [1.82, 2.24) is 0 Å². The molecule has 0 aromatic rings. The molecule has 1 rings (SSSR count). The van der Waals surface area contributed by atoms with Gasteiger partial charge in [0.2, 0.25) is 0 Å². The zero-order valence-electron chi connectivity index (χ0n) is 8.69. The summed E-state index contributed by atoms with van der Waals surface area (Å²) >= 11 is 0. The molecule has 0 saturated carbocycles. The van der Waals surface area contributed by atoms with Gasteiger partial charge in [-0.25, -0.2) is 0 Å². The average Bonchev–Trinajstić information content (AvgIpc) is 2.02. The Bertz CT molecular complexity index is 298. The van der Waals surface area contributed by atoms with Crippen molar-refractivity contribution in [2.24, 2.45) is 11.8 Å². The topological polar surface area (TPSA) is 57.5 Å². The number of hydrogen-bond acceptors (Lipinski definition) is 2. The third kappa shape index (κ3) is 2.04. The number of carboxylic acids is 1. The molecule has 0 aromatic carbocycles. The van der Waals surface area contributed by atoms with Crippen LogP contribution in [0.1, 0.15) is 20.8 Å². The van der Waals surface area contributed by atoms with Crippen molar-refractivity contribution >= 4 is 5.97 Å². The van der Waals surface area contributed by atoms with E-state index in [-0.39, 0.29) is 5.92 Å². The Morgan fingerprint density at radius 1 is 1.57 bits per heavy atom. The third-order valence-corrected chi connectivity index (χ3v) is 2.53. The van der Waals surface area contributed by atoms with E-state index in [1.54, 1.807) is 18.2 Å². The Hall–Kier alpha value is -1.09. The molecular formula is C11H16O3. The standard InChI is InChI=1S/C11H16O3/c1-7(2)8-4-5-11(3,14)9(6-8)10(12)13/h4-7,9,14H,1-3H3,(H,12,13). The zero-order chi connectivity index (χ0) is 10.9. The van der Waals surface area contributed by atoms with Gasteiger partial charge in [0.15, 0.2) is 0 Å². The highest BCUT2D eigenvalue weighted by molar-refractivity contribution is 5.75. The van der Waals surface area contributed by atoms with Crippen LogP contribution in [0.25, 0.3) is 0 Å². The summed E-state index contributed by atoms with van der Waals surface area (Å²) < 4.78 is 0. The number of hydrogen-bond donors (Lipinski definition) is 2. The summed E-state index contributed by atoms with van der Waals surface area (Å²) in [4.78, 5) is 10.9. The quantitative estimate of drug-likeness (QED) is 0.705. The van der Waals surface area contributed by atoms with Gasteiger partial charge in [-0.2, -0.15) is 0 Å². The second kappa shape index (κ2) is 3.58. The molecule has 1 aliphatic rings. The molecule has 0 radical (unpaired) electrons. The van der Waals surface area contributed by atoms with Crippen LogP contribution in [0.15, 0.2) is 23.8 Å². The van der Waals surface area contributed by atoms with Gasteiger partial charge in [-0.05, 0) is 18.4 Å². The molecule has 0 heterocycles. The number of rotatable bonds is 2. The first-order valence-electron chi connectivity index (χ1n) is 4.70. The number of carbonyl (C=O) groups is 1. The second-order valence-electron chi connectivity index (χ2n) is 4.20. The van der Waals surface area contributed by atoms with Crippen LogP contribution in [-0.4, -0.2) is 21.8 Å². The van der Waals surface area contributed by atoms with Crippen molar-refractivity contribution in [3.63, 3.8) is 0 Å². The minimum absolute atomic E-state index is 0.282. The molecule has 0 aromatic heterocycles. The van der Waals surface area contributed by atoms with Crippen LogP contribution in [0.4, 0.5) is 0 Å². The molecular weight excluding hydrogens is 180 g/mol. The normalized spacial score (nSPS) is 31.8. The summed E-state index contributed by atoms with van der Waals surface area (Å²) in [7, 11) is 0. The maximum absolute atomic E-state index is 10.9. The molecule has 78 valence electrons. The Morgan fingerprint density at radius 3 is 2.57 bits per heavy atom. The third-order valence-electron chi connectivity index (χ3n) is 2.53. The lowest BCUT2D eigenvalue weighted by molar-refractivity contribution is -0.145. The van der Waals surface area contributed by atoms with Crippen LogP contribution < -0.4 is 0 Å². The van der Waals surface area contributed by atoms with Gasteiger partial charge in [0.25, 0.3) is 0 Å². The van der Waals surface area contributed by atoms with E-state index in [0.717, 1.165) is 5.57 Å².